The standard InChI is InChI=1S/C21H19ClF3N9O7/c22-19-28-14(26)11-15(29-19)34(7-27-11)16-13(36)12(35)10(40-16)6-39-20(18(37)38,17-30-32-33-31-17)5-8-1-3-9(4-2-8)41-21(23,24)25/h1-4,7,10,12-13,16,35-36H,5-6H2,(H,37,38)(H2,26,28,29)(H,30,31,32,33)/t10-,12-,13-,16-,20+/m1/s1. The number of carbonyl (C=O) groups is 1. The van der Waals surface area contributed by atoms with E-state index in [-0.39, 0.29) is 33.7 Å². The number of tetrazole rings is 1. The van der Waals surface area contributed by atoms with Crippen LogP contribution in [0.25, 0.3) is 11.2 Å². The summed E-state index contributed by atoms with van der Waals surface area (Å²) in [5.41, 5.74) is 3.97. The van der Waals surface area contributed by atoms with Crippen LogP contribution in [0.2, 0.25) is 5.28 Å². The van der Waals surface area contributed by atoms with Gasteiger partial charge < -0.3 is 35.3 Å². The minimum Gasteiger partial charge on any atom is -0.479 e. The molecule has 1 aliphatic heterocycles. The predicted molar refractivity (Wildman–Crippen MR) is 127 cm³/mol. The van der Waals surface area contributed by atoms with Crippen LogP contribution in [0.3, 0.4) is 0 Å². The lowest BCUT2D eigenvalue weighted by atomic mass is 9.93. The predicted octanol–water partition coefficient (Wildman–Crippen LogP) is 0.332. The number of nitrogen functional groups attached to an aromatic ring is 1. The van der Waals surface area contributed by atoms with E-state index in [1.54, 1.807) is 0 Å². The second kappa shape index (κ2) is 10.7. The van der Waals surface area contributed by atoms with E-state index in [1.807, 2.05) is 0 Å². The van der Waals surface area contributed by atoms with Crippen LogP contribution >= 0.6 is 11.6 Å². The fraction of sp³-hybridized carbons (Fsp3) is 0.381. The highest BCUT2D eigenvalue weighted by atomic mass is 35.5. The average Bonchev–Trinajstić information content (AvgIpc) is 3.63. The third-order valence-electron chi connectivity index (χ3n) is 6.21. The second-order valence-corrected chi connectivity index (χ2v) is 9.15. The largest absolute Gasteiger partial charge is 0.573 e. The third-order valence-corrected chi connectivity index (χ3v) is 6.38. The highest BCUT2D eigenvalue weighted by molar-refractivity contribution is 6.28. The van der Waals surface area contributed by atoms with Crippen molar-refractivity contribution in [1.29, 1.82) is 0 Å². The number of aliphatic carboxylic acids is 1. The smallest absolute Gasteiger partial charge is 0.479 e. The van der Waals surface area contributed by atoms with Gasteiger partial charge >= 0.3 is 12.3 Å². The summed E-state index contributed by atoms with van der Waals surface area (Å²) in [6, 6.07) is 4.40. The van der Waals surface area contributed by atoms with Crippen LogP contribution in [-0.4, -0.2) is 92.7 Å². The fourth-order valence-corrected chi connectivity index (χ4v) is 4.46. The minimum absolute atomic E-state index is 0.0309. The fourth-order valence-electron chi connectivity index (χ4n) is 4.29. The molecule has 1 aromatic carbocycles. The van der Waals surface area contributed by atoms with Gasteiger partial charge in [0.05, 0.1) is 12.9 Å². The first-order valence-corrected chi connectivity index (χ1v) is 11.9. The molecule has 0 bridgehead atoms. The zero-order chi connectivity index (χ0) is 29.5. The molecule has 4 aromatic rings. The summed E-state index contributed by atoms with van der Waals surface area (Å²) in [6.07, 6.45) is -9.83. The quantitative estimate of drug-likeness (QED) is 0.163. The Morgan fingerprint density at radius 2 is 1.93 bits per heavy atom. The van der Waals surface area contributed by atoms with Crippen LogP contribution < -0.4 is 10.5 Å². The normalized spacial score (nSPS) is 22.6. The van der Waals surface area contributed by atoms with E-state index < -0.39 is 61.2 Å². The summed E-state index contributed by atoms with van der Waals surface area (Å²) in [5.74, 6) is -2.48. The molecule has 6 N–H and O–H groups in total. The maximum absolute atomic E-state index is 12.6. The Kier molecular flexibility index (Phi) is 7.38. The Morgan fingerprint density at radius 1 is 1.20 bits per heavy atom. The van der Waals surface area contributed by atoms with E-state index in [1.165, 1.54) is 23.0 Å². The van der Waals surface area contributed by atoms with Gasteiger partial charge in [0.15, 0.2) is 23.5 Å². The van der Waals surface area contributed by atoms with Crippen LogP contribution in [0.4, 0.5) is 19.0 Å². The van der Waals surface area contributed by atoms with Crippen molar-refractivity contribution in [2.45, 2.75) is 42.9 Å². The lowest BCUT2D eigenvalue weighted by Crippen LogP contribution is -2.45. The molecule has 41 heavy (non-hydrogen) atoms. The SMILES string of the molecule is Nc1nc(Cl)nc2c1ncn2[C@@H]1O[C@H](CO[C@](Cc2ccc(OC(F)(F)F)cc2)(C(=O)O)c2nnn[nH]2)[C@@H](O)[C@H]1O. The second-order valence-electron chi connectivity index (χ2n) is 8.81. The highest BCUT2D eigenvalue weighted by Crippen LogP contribution is 2.35. The highest BCUT2D eigenvalue weighted by Gasteiger charge is 2.50. The van der Waals surface area contributed by atoms with E-state index in [0.717, 1.165) is 12.1 Å². The van der Waals surface area contributed by atoms with Crippen molar-refractivity contribution < 1.29 is 47.5 Å². The molecule has 0 saturated carbocycles. The molecule has 20 heteroatoms. The van der Waals surface area contributed by atoms with Gasteiger partial charge in [-0.1, -0.05) is 12.1 Å². The number of hydrogen-bond donors (Lipinski definition) is 5. The number of carboxylic acid groups (broad SMARTS) is 1. The van der Waals surface area contributed by atoms with Crippen LogP contribution in [0.5, 0.6) is 5.75 Å². The Labute approximate surface area is 230 Å². The van der Waals surface area contributed by atoms with Crippen molar-refractivity contribution in [3.63, 3.8) is 0 Å². The van der Waals surface area contributed by atoms with Gasteiger partial charge in [-0.3, -0.25) is 4.57 Å². The number of aliphatic hydroxyl groups excluding tert-OH is 2. The number of anilines is 1. The van der Waals surface area contributed by atoms with Gasteiger partial charge in [0.2, 0.25) is 10.9 Å². The number of nitrogens with zero attached hydrogens (tertiary/aromatic N) is 7. The molecular formula is C21H19ClF3N9O7. The maximum Gasteiger partial charge on any atom is 0.573 e. The summed E-state index contributed by atoms with van der Waals surface area (Å²) in [5, 5.41) is 44.2. The first-order valence-electron chi connectivity index (χ1n) is 11.5. The first-order chi connectivity index (χ1) is 19.4. The van der Waals surface area contributed by atoms with E-state index in [2.05, 4.69) is 40.3 Å². The molecule has 0 aliphatic carbocycles. The number of imidazole rings is 1. The monoisotopic (exact) mass is 601 g/mol. The first kappa shape index (κ1) is 28.4. The van der Waals surface area contributed by atoms with Crippen molar-refractivity contribution in [1.82, 2.24) is 40.1 Å². The lowest BCUT2D eigenvalue weighted by molar-refractivity contribution is -0.274. The molecule has 5 rings (SSSR count). The van der Waals surface area contributed by atoms with Crippen LogP contribution in [0, 0.1) is 0 Å². The van der Waals surface area contributed by atoms with Crippen molar-refractivity contribution in [3.05, 3.63) is 47.3 Å². The van der Waals surface area contributed by atoms with Crippen LogP contribution in [0.15, 0.2) is 30.6 Å². The summed E-state index contributed by atoms with van der Waals surface area (Å²) in [4.78, 5) is 24.5. The van der Waals surface area contributed by atoms with Crippen LogP contribution in [-0.2, 0) is 26.3 Å². The zero-order valence-corrected chi connectivity index (χ0v) is 21.1. The molecule has 1 fully saturated rings. The molecule has 1 aliphatic rings. The molecule has 0 amide bonds. The Bertz CT molecular complexity index is 1540. The summed E-state index contributed by atoms with van der Waals surface area (Å²) in [6.45, 7) is -0.610. The molecule has 4 heterocycles. The number of alkyl halides is 3. The lowest BCUT2D eigenvalue weighted by Gasteiger charge is -2.29. The average molecular weight is 602 g/mol. The van der Waals surface area contributed by atoms with E-state index in [0.29, 0.717) is 0 Å². The number of rotatable bonds is 9. The number of benzene rings is 1. The van der Waals surface area contributed by atoms with Gasteiger partial charge in [-0.15, -0.1) is 18.3 Å². The number of halogens is 4. The van der Waals surface area contributed by atoms with Crippen LogP contribution in [0.1, 0.15) is 17.6 Å². The molecular weight excluding hydrogens is 583 g/mol. The molecule has 0 unspecified atom stereocenters. The Morgan fingerprint density at radius 3 is 2.56 bits per heavy atom. The number of hydrogen-bond acceptors (Lipinski definition) is 13. The number of carboxylic acids is 1. The number of aromatic nitrogens is 8. The van der Waals surface area contributed by atoms with Gasteiger partial charge in [-0.25, -0.2) is 14.9 Å². The van der Waals surface area contributed by atoms with Gasteiger partial charge in [-0.2, -0.15) is 9.97 Å². The molecule has 0 spiro atoms. The molecule has 16 nitrogen and oxygen atoms in total. The summed E-state index contributed by atoms with van der Waals surface area (Å²) >= 11 is 5.89. The summed E-state index contributed by atoms with van der Waals surface area (Å²) < 4.78 is 54.2. The Hall–Kier alpha value is -4.17. The molecule has 5 atom stereocenters. The molecule has 218 valence electrons. The van der Waals surface area contributed by atoms with E-state index >= 15 is 0 Å². The zero-order valence-electron chi connectivity index (χ0n) is 20.3. The third kappa shape index (κ3) is 5.57. The van der Waals surface area contributed by atoms with Crippen molar-refractivity contribution in [3.8, 4) is 5.75 Å². The van der Waals surface area contributed by atoms with E-state index in [9.17, 15) is 33.3 Å². The van der Waals surface area contributed by atoms with Gasteiger partial charge in [0.1, 0.15) is 29.6 Å². The molecule has 1 saturated heterocycles. The topological polar surface area (TPSA) is 230 Å². The van der Waals surface area contributed by atoms with Gasteiger partial charge in [0.25, 0.3) is 0 Å². The van der Waals surface area contributed by atoms with Gasteiger partial charge in [-0.05, 0) is 39.7 Å². The molecule has 0 radical (unpaired) electrons. The van der Waals surface area contributed by atoms with Crippen molar-refractivity contribution >= 4 is 34.6 Å². The Balaban J connectivity index is 1.39. The van der Waals surface area contributed by atoms with Crippen molar-refractivity contribution in [2.24, 2.45) is 0 Å². The number of H-pyrrole nitrogens is 1. The number of nitrogens with one attached hydrogen (secondary N) is 1. The number of ether oxygens (including phenoxy) is 3. The number of nitrogens with two attached hydrogens (primary N) is 1. The summed E-state index contributed by atoms with van der Waals surface area (Å²) in [7, 11) is 0. The molecule has 3 aromatic heterocycles. The van der Waals surface area contributed by atoms with Gasteiger partial charge in [0, 0.05) is 6.42 Å². The number of fused-ring (bicyclic) bond motifs is 1. The minimum atomic E-state index is -4.92. The van der Waals surface area contributed by atoms with Crippen molar-refractivity contribution in [2.75, 3.05) is 12.3 Å². The number of aliphatic hydroxyl groups is 2. The number of aromatic amines is 1. The van der Waals surface area contributed by atoms with E-state index in [4.69, 9.17) is 26.8 Å². The maximum atomic E-state index is 12.6.